The van der Waals surface area contributed by atoms with Gasteiger partial charge in [-0.2, -0.15) is 5.26 Å². The normalized spacial score (nSPS) is 15.3. The number of nitriles is 1. The number of benzene rings is 2. The van der Waals surface area contributed by atoms with Crippen LogP contribution in [0.25, 0.3) is 11.1 Å². The second kappa shape index (κ2) is 9.60. The molecule has 2 unspecified atom stereocenters. The zero-order valence-corrected chi connectivity index (χ0v) is 17.2. The van der Waals surface area contributed by atoms with Gasteiger partial charge < -0.3 is 9.84 Å². The van der Waals surface area contributed by atoms with Gasteiger partial charge in [0.05, 0.1) is 24.2 Å². The lowest BCUT2D eigenvalue weighted by molar-refractivity contribution is -0.139. The molecule has 0 saturated heterocycles. The molecule has 0 bridgehead atoms. The van der Waals surface area contributed by atoms with E-state index in [-0.39, 0.29) is 0 Å². The number of carbonyl (C=O) groups is 1. The van der Waals surface area contributed by atoms with Crippen LogP contribution in [0.1, 0.15) is 63.0 Å². The summed E-state index contributed by atoms with van der Waals surface area (Å²) in [6, 6.07) is 15.3. The molecule has 2 atom stereocenters. The molecule has 2 aromatic rings. The first-order valence-corrected chi connectivity index (χ1v) is 10.5. The Labute approximate surface area is 173 Å². The first-order valence-electron chi connectivity index (χ1n) is 10.5. The molecule has 4 heteroatoms. The highest BCUT2D eigenvalue weighted by molar-refractivity contribution is 5.79. The van der Waals surface area contributed by atoms with Crippen LogP contribution in [0.4, 0.5) is 0 Å². The van der Waals surface area contributed by atoms with Crippen molar-refractivity contribution in [2.45, 2.75) is 51.9 Å². The van der Waals surface area contributed by atoms with E-state index in [4.69, 9.17) is 10.00 Å². The summed E-state index contributed by atoms with van der Waals surface area (Å²) >= 11 is 0. The van der Waals surface area contributed by atoms with Crippen molar-refractivity contribution < 1.29 is 14.6 Å². The summed E-state index contributed by atoms with van der Waals surface area (Å²) in [6.07, 6.45) is 5.12. The summed E-state index contributed by atoms with van der Waals surface area (Å²) in [5.74, 6) is 0.433. The van der Waals surface area contributed by atoms with Crippen molar-refractivity contribution in [2.75, 3.05) is 6.61 Å². The van der Waals surface area contributed by atoms with E-state index in [1.54, 1.807) is 12.1 Å². The molecule has 1 aliphatic rings. The largest absolute Gasteiger partial charge is 0.493 e. The molecule has 3 rings (SSSR count). The Hall–Kier alpha value is -2.80. The highest BCUT2D eigenvalue weighted by Gasteiger charge is 2.25. The smallest absolute Gasteiger partial charge is 0.310 e. The third kappa shape index (κ3) is 5.60. The van der Waals surface area contributed by atoms with Crippen molar-refractivity contribution in [3.63, 3.8) is 0 Å². The molecule has 152 valence electrons. The van der Waals surface area contributed by atoms with E-state index < -0.39 is 11.9 Å². The zero-order chi connectivity index (χ0) is 20.8. The Bertz CT molecular complexity index is 878. The maximum Gasteiger partial charge on any atom is 0.310 e. The molecule has 0 aromatic heterocycles. The van der Waals surface area contributed by atoms with Gasteiger partial charge in [0.2, 0.25) is 0 Å². The zero-order valence-electron chi connectivity index (χ0n) is 17.2. The molecule has 2 aromatic carbocycles. The summed E-state index contributed by atoms with van der Waals surface area (Å²) in [6.45, 7) is 4.94. The number of aliphatic carboxylic acids is 1. The van der Waals surface area contributed by atoms with Gasteiger partial charge in [-0.25, -0.2) is 0 Å². The lowest BCUT2D eigenvalue weighted by Crippen LogP contribution is -2.15. The highest BCUT2D eigenvalue weighted by atomic mass is 16.5. The summed E-state index contributed by atoms with van der Waals surface area (Å²) in [4.78, 5) is 12.0. The first kappa shape index (κ1) is 20.9. The lowest BCUT2D eigenvalue weighted by atomic mass is 9.86. The molecule has 1 saturated carbocycles. The van der Waals surface area contributed by atoms with E-state index in [0.717, 1.165) is 35.3 Å². The average molecular weight is 392 g/mol. The van der Waals surface area contributed by atoms with Crippen molar-refractivity contribution in [3.8, 4) is 22.9 Å². The highest BCUT2D eigenvalue weighted by Crippen LogP contribution is 2.37. The van der Waals surface area contributed by atoms with E-state index in [9.17, 15) is 9.90 Å². The van der Waals surface area contributed by atoms with Gasteiger partial charge in [0.15, 0.2) is 0 Å². The maximum absolute atomic E-state index is 12.0. The van der Waals surface area contributed by atoms with Crippen LogP contribution in [0.15, 0.2) is 42.5 Å². The SMILES string of the molecule is CCCC(C)CC(C(=O)O)c1ccc(OCC2CC2)c(-c2ccc(C#N)cc2)c1. The maximum atomic E-state index is 12.0. The summed E-state index contributed by atoms with van der Waals surface area (Å²) in [5, 5.41) is 18.9. The van der Waals surface area contributed by atoms with Crippen molar-refractivity contribution in [2.24, 2.45) is 11.8 Å². The van der Waals surface area contributed by atoms with Gasteiger partial charge in [0.1, 0.15) is 5.75 Å². The van der Waals surface area contributed by atoms with Crippen molar-refractivity contribution in [1.82, 2.24) is 0 Å². The van der Waals surface area contributed by atoms with Crippen molar-refractivity contribution in [3.05, 3.63) is 53.6 Å². The van der Waals surface area contributed by atoms with Gasteiger partial charge in [-0.1, -0.05) is 44.9 Å². The fraction of sp³-hybridized carbons (Fsp3) is 0.440. The third-order valence-electron chi connectivity index (χ3n) is 5.62. The summed E-state index contributed by atoms with van der Waals surface area (Å²) < 4.78 is 6.07. The molecule has 0 amide bonds. The minimum Gasteiger partial charge on any atom is -0.493 e. The Morgan fingerprint density at radius 3 is 2.55 bits per heavy atom. The molecule has 1 aliphatic carbocycles. The van der Waals surface area contributed by atoms with E-state index in [1.165, 1.54) is 12.8 Å². The van der Waals surface area contributed by atoms with Crippen molar-refractivity contribution in [1.29, 1.82) is 5.26 Å². The number of carboxylic acid groups (broad SMARTS) is 1. The number of hydrogen-bond acceptors (Lipinski definition) is 3. The van der Waals surface area contributed by atoms with Crippen LogP contribution in [0.2, 0.25) is 0 Å². The Morgan fingerprint density at radius 1 is 1.24 bits per heavy atom. The molecule has 1 fully saturated rings. The average Bonchev–Trinajstić information content (AvgIpc) is 3.55. The lowest BCUT2D eigenvalue weighted by Gasteiger charge is -2.20. The van der Waals surface area contributed by atoms with Gasteiger partial charge >= 0.3 is 5.97 Å². The minimum absolute atomic E-state index is 0.352. The molecule has 29 heavy (non-hydrogen) atoms. The standard InChI is InChI=1S/C25H29NO3/c1-3-4-17(2)13-23(25(27)28)21-11-12-24(29-16-19-5-6-19)22(14-21)20-9-7-18(15-26)8-10-20/h7-12,14,17,19,23H,3-6,13,16H2,1-2H3,(H,27,28). The van der Waals surface area contributed by atoms with Gasteiger partial charge in [-0.15, -0.1) is 0 Å². The quantitative estimate of drug-likeness (QED) is 0.538. The third-order valence-corrected chi connectivity index (χ3v) is 5.62. The molecule has 0 radical (unpaired) electrons. The molecule has 0 spiro atoms. The number of hydrogen-bond donors (Lipinski definition) is 1. The molecular weight excluding hydrogens is 362 g/mol. The van der Waals surface area contributed by atoms with Crippen LogP contribution >= 0.6 is 0 Å². The molecule has 0 heterocycles. The summed E-state index contributed by atoms with van der Waals surface area (Å²) in [5.41, 5.74) is 3.23. The first-order chi connectivity index (χ1) is 14.0. The topological polar surface area (TPSA) is 70.3 Å². The van der Waals surface area contributed by atoms with E-state index in [1.807, 2.05) is 30.3 Å². The number of rotatable bonds is 10. The number of nitrogens with zero attached hydrogens (tertiary/aromatic N) is 1. The monoisotopic (exact) mass is 391 g/mol. The van der Waals surface area contributed by atoms with Crippen LogP contribution in [0.5, 0.6) is 5.75 Å². The molecular formula is C25H29NO3. The predicted molar refractivity (Wildman–Crippen MR) is 114 cm³/mol. The Morgan fingerprint density at radius 2 is 1.97 bits per heavy atom. The minimum atomic E-state index is -0.787. The fourth-order valence-corrected chi connectivity index (χ4v) is 3.72. The van der Waals surface area contributed by atoms with Crippen LogP contribution < -0.4 is 4.74 Å². The second-order valence-electron chi connectivity index (χ2n) is 8.22. The molecule has 0 aliphatic heterocycles. The fourth-order valence-electron chi connectivity index (χ4n) is 3.72. The van der Waals surface area contributed by atoms with Gasteiger partial charge in [0.25, 0.3) is 0 Å². The van der Waals surface area contributed by atoms with Gasteiger partial charge in [-0.05, 0) is 66.5 Å². The van der Waals surface area contributed by atoms with Crippen molar-refractivity contribution >= 4 is 5.97 Å². The second-order valence-corrected chi connectivity index (χ2v) is 8.22. The number of ether oxygens (including phenoxy) is 1. The predicted octanol–water partition coefficient (Wildman–Crippen LogP) is 6.01. The van der Waals surface area contributed by atoms with E-state index in [2.05, 4.69) is 19.9 Å². The van der Waals surface area contributed by atoms with Gasteiger partial charge in [0, 0.05) is 5.56 Å². The van der Waals surface area contributed by atoms with E-state index >= 15 is 0 Å². The van der Waals surface area contributed by atoms with Crippen LogP contribution in [-0.2, 0) is 4.79 Å². The van der Waals surface area contributed by atoms with Crippen LogP contribution in [0.3, 0.4) is 0 Å². The number of carboxylic acids is 1. The Kier molecular flexibility index (Phi) is 6.93. The van der Waals surface area contributed by atoms with E-state index in [0.29, 0.717) is 30.4 Å². The Balaban J connectivity index is 1.94. The van der Waals surface area contributed by atoms with Gasteiger partial charge in [-0.3, -0.25) is 4.79 Å². The van der Waals surface area contributed by atoms with Crippen LogP contribution in [0, 0.1) is 23.2 Å². The van der Waals surface area contributed by atoms with Crippen LogP contribution in [-0.4, -0.2) is 17.7 Å². The molecule has 4 nitrogen and oxygen atoms in total. The summed E-state index contributed by atoms with van der Waals surface area (Å²) in [7, 11) is 0. The molecule has 1 N–H and O–H groups in total.